The Balaban J connectivity index is 0.00000280. The van der Waals surface area contributed by atoms with Gasteiger partial charge in [0.1, 0.15) is 5.82 Å². The predicted molar refractivity (Wildman–Crippen MR) is 130 cm³/mol. The number of aryl methyl sites for hydroxylation is 1. The van der Waals surface area contributed by atoms with Gasteiger partial charge in [0.2, 0.25) is 0 Å². The van der Waals surface area contributed by atoms with Crippen molar-refractivity contribution in [1.82, 2.24) is 20.5 Å². The van der Waals surface area contributed by atoms with Crippen LogP contribution in [0.1, 0.15) is 22.9 Å². The highest BCUT2D eigenvalue weighted by Gasteiger charge is 2.16. The second-order valence-corrected chi connectivity index (χ2v) is 7.75. The molecule has 0 aromatic carbocycles. The number of guanidine groups is 1. The van der Waals surface area contributed by atoms with Crippen LogP contribution < -0.4 is 15.5 Å². The summed E-state index contributed by atoms with van der Waals surface area (Å²) < 4.78 is 0. The molecule has 0 spiro atoms. The minimum absolute atomic E-state index is 0. The molecule has 0 unspecified atom stereocenters. The standard InChI is InChI=1S/C20H30N6S.HI/c1-4-25-8-10-26(11-9-25)19-6-5-17(13-22-19)14-23-20(21-3)24-15-18-16(2)7-12-27-18;/h5-7,12-13H,4,8-11,14-15H2,1-3H3,(H2,21,23,24);1H. The van der Waals surface area contributed by atoms with Gasteiger partial charge in [0, 0.05) is 50.8 Å². The molecule has 2 N–H and O–H groups in total. The van der Waals surface area contributed by atoms with Gasteiger partial charge in [-0.05, 0) is 42.1 Å². The highest BCUT2D eigenvalue weighted by Crippen LogP contribution is 2.15. The van der Waals surface area contributed by atoms with E-state index in [4.69, 9.17) is 0 Å². The van der Waals surface area contributed by atoms with E-state index < -0.39 is 0 Å². The lowest BCUT2D eigenvalue weighted by Crippen LogP contribution is -2.46. The summed E-state index contributed by atoms with van der Waals surface area (Å²) in [5, 5.41) is 8.86. The highest BCUT2D eigenvalue weighted by molar-refractivity contribution is 14.0. The number of nitrogens with one attached hydrogen (secondary N) is 2. The Morgan fingerprint density at radius 1 is 1.14 bits per heavy atom. The molecule has 6 nitrogen and oxygen atoms in total. The Kier molecular flexibility index (Phi) is 9.46. The molecular formula is C20H31IN6S. The zero-order valence-corrected chi connectivity index (χ0v) is 20.1. The molecule has 3 heterocycles. The third-order valence-electron chi connectivity index (χ3n) is 5.02. The van der Waals surface area contributed by atoms with Gasteiger partial charge in [-0.15, -0.1) is 35.3 Å². The minimum Gasteiger partial charge on any atom is -0.354 e. The van der Waals surface area contributed by atoms with Crippen LogP contribution in [0.25, 0.3) is 0 Å². The van der Waals surface area contributed by atoms with E-state index in [2.05, 4.69) is 67.8 Å². The van der Waals surface area contributed by atoms with Crippen LogP contribution in [0, 0.1) is 6.92 Å². The number of hydrogen-bond acceptors (Lipinski definition) is 5. The number of aliphatic imine (C=N–C) groups is 1. The summed E-state index contributed by atoms with van der Waals surface area (Å²) in [5.74, 6) is 1.88. The number of piperazine rings is 1. The molecule has 1 saturated heterocycles. The van der Waals surface area contributed by atoms with Gasteiger partial charge in [-0.25, -0.2) is 4.98 Å². The second kappa shape index (κ2) is 11.6. The first-order valence-electron chi connectivity index (χ1n) is 9.59. The van der Waals surface area contributed by atoms with E-state index in [1.165, 1.54) is 10.4 Å². The van der Waals surface area contributed by atoms with Crippen molar-refractivity contribution in [2.45, 2.75) is 26.9 Å². The highest BCUT2D eigenvalue weighted by atomic mass is 127. The van der Waals surface area contributed by atoms with Gasteiger partial charge in [0.05, 0.1) is 6.54 Å². The van der Waals surface area contributed by atoms with Crippen molar-refractivity contribution in [3.8, 4) is 0 Å². The van der Waals surface area contributed by atoms with Crippen LogP contribution in [0.4, 0.5) is 5.82 Å². The SMILES string of the molecule is CCN1CCN(c2ccc(CNC(=NC)NCc3sccc3C)cn2)CC1.I. The summed E-state index contributed by atoms with van der Waals surface area (Å²) in [5.41, 5.74) is 2.48. The molecule has 0 atom stereocenters. The summed E-state index contributed by atoms with van der Waals surface area (Å²) in [6.45, 7) is 11.3. The molecule has 1 fully saturated rings. The molecule has 3 rings (SSSR count). The van der Waals surface area contributed by atoms with Crippen molar-refractivity contribution in [3.63, 3.8) is 0 Å². The molecular weight excluding hydrogens is 483 g/mol. The summed E-state index contributed by atoms with van der Waals surface area (Å²) in [6, 6.07) is 6.43. The van der Waals surface area contributed by atoms with Gasteiger partial charge < -0.3 is 20.4 Å². The average molecular weight is 514 g/mol. The van der Waals surface area contributed by atoms with Crippen molar-refractivity contribution in [2.24, 2.45) is 4.99 Å². The zero-order valence-electron chi connectivity index (χ0n) is 16.9. The normalized spacial score (nSPS) is 15.2. The minimum atomic E-state index is 0. The number of likely N-dealkylation sites (N-methyl/N-ethyl adjacent to an activating group) is 1. The van der Waals surface area contributed by atoms with Gasteiger partial charge in [-0.2, -0.15) is 0 Å². The van der Waals surface area contributed by atoms with E-state index in [0.29, 0.717) is 6.54 Å². The smallest absolute Gasteiger partial charge is 0.191 e. The maximum atomic E-state index is 4.66. The maximum Gasteiger partial charge on any atom is 0.191 e. The fourth-order valence-electron chi connectivity index (χ4n) is 3.16. The third kappa shape index (κ3) is 6.31. The lowest BCUT2D eigenvalue weighted by molar-refractivity contribution is 0.270. The first-order chi connectivity index (χ1) is 13.2. The van der Waals surface area contributed by atoms with Crippen LogP contribution in [0.3, 0.4) is 0 Å². The van der Waals surface area contributed by atoms with Gasteiger partial charge in [0.15, 0.2) is 5.96 Å². The largest absolute Gasteiger partial charge is 0.354 e. The van der Waals surface area contributed by atoms with Crippen molar-refractivity contribution >= 4 is 47.1 Å². The van der Waals surface area contributed by atoms with E-state index in [0.717, 1.165) is 56.6 Å². The number of anilines is 1. The number of nitrogens with zero attached hydrogens (tertiary/aromatic N) is 4. The van der Waals surface area contributed by atoms with E-state index in [1.807, 2.05) is 6.20 Å². The van der Waals surface area contributed by atoms with E-state index in [1.54, 1.807) is 18.4 Å². The molecule has 0 saturated carbocycles. The maximum absolute atomic E-state index is 4.66. The number of hydrogen-bond donors (Lipinski definition) is 2. The molecule has 0 aliphatic carbocycles. The van der Waals surface area contributed by atoms with Gasteiger partial charge in [-0.1, -0.05) is 13.0 Å². The first-order valence-corrected chi connectivity index (χ1v) is 10.5. The van der Waals surface area contributed by atoms with Gasteiger partial charge in [-0.3, -0.25) is 4.99 Å². The fourth-order valence-corrected chi connectivity index (χ4v) is 4.00. The lowest BCUT2D eigenvalue weighted by Gasteiger charge is -2.34. The molecule has 0 bridgehead atoms. The summed E-state index contributed by atoms with van der Waals surface area (Å²) >= 11 is 1.77. The van der Waals surface area contributed by atoms with Crippen molar-refractivity contribution in [1.29, 1.82) is 0 Å². The van der Waals surface area contributed by atoms with Crippen LogP contribution >= 0.6 is 35.3 Å². The number of aromatic nitrogens is 1. The Labute approximate surface area is 189 Å². The van der Waals surface area contributed by atoms with Gasteiger partial charge in [0.25, 0.3) is 0 Å². The molecule has 154 valence electrons. The van der Waals surface area contributed by atoms with E-state index >= 15 is 0 Å². The van der Waals surface area contributed by atoms with Crippen LogP contribution in [0.5, 0.6) is 0 Å². The van der Waals surface area contributed by atoms with Crippen LogP contribution in [0.15, 0.2) is 34.8 Å². The topological polar surface area (TPSA) is 55.8 Å². The van der Waals surface area contributed by atoms with E-state index in [9.17, 15) is 0 Å². The Morgan fingerprint density at radius 3 is 2.46 bits per heavy atom. The average Bonchev–Trinajstić information content (AvgIpc) is 3.13. The number of halogens is 1. The van der Waals surface area contributed by atoms with Crippen LogP contribution in [-0.4, -0.2) is 55.6 Å². The molecule has 1 aliphatic heterocycles. The molecule has 0 amide bonds. The first kappa shape index (κ1) is 22.9. The quantitative estimate of drug-likeness (QED) is 0.353. The van der Waals surface area contributed by atoms with Crippen molar-refractivity contribution in [2.75, 3.05) is 44.7 Å². The fraction of sp³-hybridized carbons (Fsp3) is 0.500. The lowest BCUT2D eigenvalue weighted by atomic mass is 10.2. The third-order valence-corrected chi connectivity index (χ3v) is 6.04. The molecule has 28 heavy (non-hydrogen) atoms. The molecule has 0 radical (unpaired) electrons. The summed E-state index contributed by atoms with van der Waals surface area (Å²) in [7, 11) is 1.80. The zero-order chi connectivity index (χ0) is 19.1. The molecule has 1 aliphatic rings. The summed E-state index contributed by atoms with van der Waals surface area (Å²) in [6.07, 6.45) is 1.96. The predicted octanol–water partition coefficient (Wildman–Crippen LogP) is 3.08. The van der Waals surface area contributed by atoms with Crippen LogP contribution in [-0.2, 0) is 13.1 Å². The Bertz CT molecular complexity index is 737. The van der Waals surface area contributed by atoms with Crippen molar-refractivity contribution < 1.29 is 0 Å². The Morgan fingerprint density at radius 2 is 1.89 bits per heavy atom. The molecule has 2 aromatic heterocycles. The molecule has 2 aromatic rings. The monoisotopic (exact) mass is 514 g/mol. The van der Waals surface area contributed by atoms with Gasteiger partial charge >= 0.3 is 0 Å². The number of rotatable bonds is 6. The molecule has 8 heteroatoms. The van der Waals surface area contributed by atoms with E-state index in [-0.39, 0.29) is 24.0 Å². The number of thiophene rings is 1. The Hall–Kier alpha value is -1.39. The summed E-state index contributed by atoms with van der Waals surface area (Å²) in [4.78, 5) is 15.2. The second-order valence-electron chi connectivity index (χ2n) is 6.75. The number of pyridine rings is 1. The van der Waals surface area contributed by atoms with Crippen molar-refractivity contribution in [3.05, 3.63) is 45.8 Å². The van der Waals surface area contributed by atoms with Crippen LogP contribution in [0.2, 0.25) is 0 Å².